The third-order valence-corrected chi connectivity index (χ3v) is 5.14. The molecule has 128 valence electrons. The lowest BCUT2D eigenvalue weighted by Crippen LogP contribution is -2.36. The second kappa shape index (κ2) is 7.25. The van der Waals surface area contributed by atoms with Gasteiger partial charge in [0, 0.05) is 31.2 Å². The maximum absolute atomic E-state index is 12.8. The zero-order valence-electron chi connectivity index (χ0n) is 13.6. The summed E-state index contributed by atoms with van der Waals surface area (Å²) in [7, 11) is 0. The molecule has 1 N–H and O–H groups in total. The molecule has 3 aromatic rings. The molecule has 0 spiro atoms. The van der Waals surface area contributed by atoms with Gasteiger partial charge in [-0.25, -0.2) is 0 Å². The first-order valence-corrected chi connectivity index (χ1v) is 9.05. The Morgan fingerprint density at radius 3 is 2.84 bits per heavy atom. The number of amides is 1. The van der Waals surface area contributed by atoms with Crippen molar-refractivity contribution in [3.63, 3.8) is 0 Å². The van der Waals surface area contributed by atoms with Crippen LogP contribution in [-0.4, -0.2) is 32.9 Å². The number of aromatic nitrogens is 3. The van der Waals surface area contributed by atoms with Gasteiger partial charge in [-0.1, -0.05) is 6.07 Å². The SMILES string of the molecule is O=C(N[C@@H](c1cccnc1)C1CCOCC1)c1ccc2nsnc2c1. The number of nitrogens with zero attached hydrogens (tertiary/aromatic N) is 3. The molecule has 4 rings (SSSR count). The largest absolute Gasteiger partial charge is 0.381 e. The number of carbonyl (C=O) groups is 1. The van der Waals surface area contributed by atoms with E-state index in [-0.39, 0.29) is 11.9 Å². The summed E-state index contributed by atoms with van der Waals surface area (Å²) in [5.74, 6) is 0.238. The van der Waals surface area contributed by atoms with Gasteiger partial charge < -0.3 is 10.1 Å². The van der Waals surface area contributed by atoms with Crippen LogP contribution in [0.1, 0.15) is 34.8 Å². The van der Waals surface area contributed by atoms with Crippen molar-refractivity contribution < 1.29 is 9.53 Å². The average molecular weight is 354 g/mol. The molecular weight excluding hydrogens is 336 g/mol. The first-order chi connectivity index (χ1) is 12.3. The van der Waals surface area contributed by atoms with Crippen LogP contribution in [0.4, 0.5) is 0 Å². The summed E-state index contributed by atoms with van der Waals surface area (Å²) in [5.41, 5.74) is 3.19. The monoisotopic (exact) mass is 354 g/mol. The van der Waals surface area contributed by atoms with Crippen molar-refractivity contribution in [2.75, 3.05) is 13.2 Å². The summed E-state index contributed by atoms with van der Waals surface area (Å²) < 4.78 is 13.9. The molecule has 1 aromatic carbocycles. The predicted octanol–water partition coefficient (Wildman–Crippen LogP) is 2.98. The number of carbonyl (C=O) groups excluding carboxylic acids is 1. The van der Waals surface area contributed by atoms with Crippen LogP contribution in [0.2, 0.25) is 0 Å². The number of benzene rings is 1. The van der Waals surface area contributed by atoms with Crippen LogP contribution in [0.15, 0.2) is 42.7 Å². The Hall–Kier alpha value is -2.38. The maximum Gasteiger partial charge on any atom is 0.251 e. The fourth-order valence-corrected chi connectivity index (χ4v) is 3.75. The van der Waals surface area contributed by atoms with Crippen molar-refractivity contribution in [1.82, 2.24) is 19.0 Å². The highest BCUT2D eigenvalue weighted by Gasteiger charge is 2.27. The van der Waals surface area contributed by atoms with Crippen molar-refractivity contribution in [3.05, 3.63) is 53.9 Å². The van der Waals surface area contributed by atoms with Crippen molar-refractivity contribution >= 4 is 28.7 Å². The molecule has 2 aromatic heterocycles. The third kappa shape index (κ3) is 3.52. The number of ether oxygens (including phenoxy) is 1. The van der Waals surface area contributed by atoms with E-state index >= 15 is 0 Å². The molecule has 6 nitrogen and oxygen atoms in total. The number of rotatable bonds is 4. The first kappa shape index (κ1) is 16.1. The zero-order chi connectivity index (χ0) is 17.1. The van der Waals surface area contributed by atoms with Gasteiger partial charge in [0.2, 0.25) is 0 Å². The minimum Gasteiger partial charge on any atom is -0.381 e. The topological polar surface area (TPSA) is 77.0 Å². The van der Waals surface area contributed by atoms with E-state index in [1.807, 2.05) is 24.4 Å². The maximum atomic E-state index is 12.8. The molecular formula is C18H18N4O2S. The fraction of sp³-hybridized carbons (Fsp3) is 0.333. The van der Waals surface area contributed by atoms with E-state index in [1.165, 1.54) is 0 Å². The summed E-state index contributed by atoms with van der Waals surface area (Å²) in [5, 5.41) is 3.20. The molecule has 0 bridgehead atoms. The lowest BCUT2D eigenvalue weighted by atomic mass is 9.87. The average Bonchev–Trinajstić information content (AvgIpc) is 3.15. The summed E-state index contributed by atoms with van der Waals surface area (Å²) in [4.78, 5) is 17.0. The molecule has 1 aliphatic rings. The van der Waals surface area contributed by atoms with Crippen LogP contribution in [0, 0.1) is 5.92 Å². The zero-order valence-corrected chi connectivity index (χ0v) is 14.4. The normalized spacial score (nSPS) is 16.6. The van der Waals surface area contributed by atoms with Crippen molar-refractivity contribution in [3.8, 4) is 0 Å². The minimum absolute atomic E-state index is 0.0747. The Labute approximate surface area is 149 Å². The molecule has 3 heterocycles. The summed E-state index contributed by atoms with van der Waals surface area (Å²) in [6.45, 7) is 1.46. The molecule has 1 aliphatic heterocycles. The number of pyridine rings is 1. The standard InChI is InChI=1S/C18H18N4O2S/c23-18(13-3-4-15-16(10-13)22-25-21-15)20-17(12-5-8-24-9-6-12)14-2-1-7-19-11-14/h1-4,7,10-12,17H,5-6,8-9H2,(H,20,23)/t17-/m1/s1. The van der Waals surface area contributed by atoms with E-state index < -0.39 is 0 Å². The summed E-state index contributed by atoms with van der Waals surface area (Å²) >= 11 is 1.15. The van der Waals surface area contributed by atoms with Crippen LogP contribution in [0.25, 0.3) is 11.0 Å². The van der Waals surface area contributed by atoms with Gasteiger partial charge in [0.05, 0.1) is 17.8 Å². The van der Waals surface area contributed by atoms with Crippen LogP contribution < -0.4 is 5.32 Å². The molecule has 1 saturated heterocycles. The molecule has 0 aliphatic carbocycles. The van der Waals surface area contributed by atoms with E-state index in [0.29, 0.717) is 11.5 Å². The quantitative estimate of drug-likeness (QED) is 0.779. The molecule has 25 heavy (non-hydrogen) atoms. The molecule has 0 unspecified atom stereocenters. The van der Waals surface area contributed by atoms with Gasteiger partial charge in [-0.2, -0.15) is 8.75 Å². The second-order valence-corrected chi connectivity index (χ2v) is 6.68. The van der Waals surface area contributed by atoms with Gasteiger partial charge in [0.15, 0.2) is 0 Å². The lowest BCUT2D eigenvalue weighted by Gasteiger charge is -2.31. The number of hydrogen-bond acceptors (Lipinski definition) is 6. The van der Waals surface area contributed by atoms with Gasteiger partial charge in [0.1, 0.15) is 11.0 Å². The van der Waals surface area contributed by atoms with Crippen molar-refractivity contribution in [2.45, 2.75) is 18.9 Å². The number of hydrogen-bond donors (Lipinski definition) is 1. The highest BCUT2D eigenvalue weighted by atomic mass is 32.1. The smallest absolute Gasteiger partial charge is 0.251 e. The van der Waals surface area contributed by atoms with E-state index in [4.69, 9.17) is 4.74 Å². The van der Waals surface area contributed by atoms with Crippen molar-refractivity contribution in [2.24, 2.45) is 5.92 Å². The van der Waals surface area contributed by atoms with Gasteiger partial charge >= 0.3 is 0 Å². The van der Waals surface area contributed by atoms with E-state index in [2.05, 4.69) is 19.0 Å². The van der Waals surface area contributed by atoms with Gasteiger partial charge in [-0.05, 0) is 48.6 Å². The Kier molecular flexibility index (Phi) is 4.67. The fourth-order valence-electron chi connectivity index (χ4n) is 3.23. The molecule has 1 fully saturated rings. The molecule has 7 heteroatoms. The number of nitrogens with one attached hydrogen (secondary N) is 1. The molecule has 1 amide bonds. The molecule has 1 atom stereocenters. The lowest BCUT2D eigenvalue weighted by molar-refractivity contribution is 0.0513. The Morgan fingerprint density at radius 2 is 2.04 bits per heavy atom. The Morgan fingerprint density at radius 1 is 1.20 bits per heavy atom. The highest BCUT2D eigenvalue weighted by Crippen LogP contribution is 2.30. The predicted molar refractivity (Wildman–Crippen MR) is 95.4 cm³/mol. The first-order valence-electron chi connectivity index (χ1n) is 8.32. The van der Waals surface area contributed by atoms with E-state index in [9.17, 15) is 4.79 Å². The van der Waals surface area contributed by atoms with Crippen LogP contribution in [0.5, 0.6) is 0 Å². The second-order valence-electron chi connectivity index (χ2n) is 6.16. The molecule has 0 saturated carbocycles. The van der Waals surface area contributed by atoms with Gasteiger partial charge in [0.25, 0.3) is 5.91 Å². The highest BCUT2D eigenvalue weighted by molar-refractivity contribution is 7.00. The minimum atomic E-state index is -0.102. The Balaban J connectivity index is 1.59. The number of fused-ring (bicyclic) bond motifs is 1. The molecule has 0 radical (unpaired) electrons. The summed E-state index contributed by atoms with van der Waals surface area (Å²) in [6.07, 6.45) is 5.42. The van der Waals surface area contributed by atoms with Crippen LogP contribution in [-0.2, 0) is 4.74 Å². The summed E-state index contributed by atoms with van der Waals surface area (Å²) in [6, 6.07) is 9.26. The third-order valence-electron chi connectivity index (χ3n) is 4.58. The van der Waals surface area contributed by atoms with Crippen LogP contribution in [0.3, 0.4) is 0 Å². The van der Waals surface area contributed by atoms with E-state index in [1.54, 1.807) is 18.3 Å². The Bertz CT molecular complexity index is 862. The van der Waals surface area contributed by atoms with Crippen LogP contribution >= 0.6 is 11.7 Å². The van der Waals surface area contributed by atoms with Gasteiger partial charge in [-0.15, -0.1) is 0 Å². The van der Waals surface area contributed by atoms with Gasteiger partial charge in [-0.3, -0.25) is 9.78 Å². The van der Waals surface area contributed by atoms with E-state index in [0.717, 1.165) is 54.4 Å². The van der Waals surface area contributed by atoms with Crippen molar-refractivity contribution in [1.29, 1.82) is 0 Å².